The number of halogens is 1. The van der Waals surface area contributed by atoms with Gasteiger partial charge in [-0.25, -0.2) is 0 Å². The van der Waals surface area contributed by atoms with Gasteiger partial charge in [0.25, 0.3) is 0 Å². The first-order valence-corrected chi connectivity index (χ1v) is 2.89. The Bertz CT molecular complexity index is 165. The monoisotopic (exact) mass is 149 g/mol. The maximum atomic E-state index is 5.71. The van der Waals surface area contributed by atoms with Gasteiger partial charge in [-0.15, -0.1) is 0 Å². The van der Waals surface area contributed by atoms with Crippen molar-refractivity contribution in [2.24, 2.45) is 0 Å². The zero-order chi connectivity index (χ0) is 5.98. The Morgan fingerprint density at radius 1 is 1.22 bits per heavy atom. The average molecular weight is 150 g/mol. The van der Waals surface area contributed by atoms with Gasteiger partial charge in [-0.3, -0.25) is 0 Å². The van der Waals surface area contributed by atoms with E-state index in [1.54, 1.807) is 0 Å². The first kappa shape index (κ1) is 9.51. The second-order valence-electron chi connectivity index (χ2n) is 1.75. The molecule has 1 aromatic rings. The number of benzene rings is 1. The Morgan fingerprint density at radius 3 is 2.11 bits per heavy atom. The summed E-state index contributed by atoms with van der Waals surface area (Å²) in [7, 11) is 0. The van der Waals surface area contributed by atoms with Crippen molar-refractivity contribution in [3.63, 3.8) is 0 Å². The van der Waals surface area contributed by atoms with Crippen molar-refractivity contribution in [2.75, 3.05) is 0 Å². The predicted molar refractivity (Wildman–Crippen MR) is 41.9 cm³/mol. The molecule has 0 spiro atoms. The summed E-state index contributed by atoms with van der Waals surface area (Å²) in [5, 5.41) is 0.840. The van der Waals surface area contributed by atoms with Crippen LogP contribution in [0.5, 0.6) is 0 Å². The molecule has 43 valence electrons. The van der Waals surface area contributed by atoms with Crippen LogP contribution in [0.15, 0.2) is 24.3 Å². The van der Waals surface area contributed by atoms with Crippen LogP contribution in [0.2, 0.25) is 5.02 Å². The smallest absolute Gasteiger partial charge is 0.0435 e. The molecule has 2 heteroatoms. The Balaban J connectivity index is 0.000000640. The standard InChI is InChI=1S/C7H7Cl.Na/c1-6-4-2-3-5-7(6)8;/h2-5H,1H3;. The molecule has 0 unspecified atom stereocenters. The van der Waals surface area contributed by atoms with Crippen LogP contribution in [0.4, 0.5) is 0 Å². The zero-order valence-corrected chi connectivity index (χ0v) is 8.44. The Kier molecular flexibility index (Phi) is 4.59. The summed E-state index contributed by atoms with van der Waals surface area (Å²) >= 11 is 5.71. The third kappa shape index (κ3) is 2.72. The van der Waals surface area contributed by atoms with Crippen LogP contribution < -0.4 is 0 Å². The van der Waals surface area contributed by atoms with Crippen molar-refractivity contribution in [2.45, 2.75) is 6.92 Å². The Hall–Kier alpha value is 0.510. The Morgan fingerprint density at radius 2 is 1.78 bits per heavy atom. The quantitative estimate of drug-likeness (QED) is 0.497. The molecule has 0 bridgehead atoms. The molecular weight excluding hydrogens is 143 g/mol. The summed E-state index contributed by atoms with van der Waals surface area (Å²) in [6.07, 6.45) is 0. The number of hydrogen-bond donors (Lipinski definition) is 0. The molecule has 0 nitrogen and oxygen atoms in total. The maximum Gasteiger partial charge on any atom is 0.0435 e. The molecular formula is C7H7ClNa. The van der Waals surface area contributed by atoms with Gasteiger partial charge in [-0.05, 0) is 18.6 Å². The molecule has 0 amide bonds. The van der Waals surface area contributed by atoms with Crippen molar-refractivity contribution >= 4 is 41.2 Å². The van der Waals surface area contributed by atoms with E-state index in [9.17, 15) is 0 Å². The van der Waals surface area contributed by atoms with Gasteiger partial charge < -0.3 is 0 Å². The molecule has 0 heterocycles. The van der Waals surface area contributed by atoms with E-state index in [1.807, 2.05) is 31.2 Å². The molecule has 1 rings (SSSR count). The van der Waals surface area contributed by atoms with E-state index < -0.39 is 0 Å². The van der Waals surface area contributed by atoms with Gasteiger partial charge in [-0.2, -0.15) is 0 Å². The number of hydrogen-bond acceptors (Lipinski definition) is 0. The molecule has 0 atom stereocenters. The fraction of sp³-hybridized carbons (Fsp3) is 0.143. The van der Waals surface area contributed by atoms with Crippen molar-refractivity contribution in [3.8, 4) is 0 Å². The van der Waals surface area contributed by atoms with Crippen molar-refractivity contribution in [1.29, 1.82) is 0 Å². The SMILES string of the molecule is Cc1ccccc1Cl.[Na]. The van der Waals surface area contributed by atoms with Gasteiger partial charge in [0.15, 0.2) is 0 Å². The van der Waals surface area contributed by atoms with Crippen LogP contribution in [-0.4, -0.2) is 29.6 Å². The van der Waals surface area contributed by atoms with E-state index in [2.05, 4.69) is 0 Å². The third-order valence-electron chi connectivity index (χ3n) is 1.08. The average Bonchev–Trinajstić information content (AvgIpc) is 1.77. The minimum Gasteiger partial charge on any atom is -0.0841 e. The molecule has 0 aromatic heterocycles. The van der Waals surface area contributed by atoms with Gasteiger partial charge >= 0.3 is 0 Å². The zero-order valence-electron chi connectivity index (χ0n) is 5.69. The number of rotatable bonds is 0. The molecule has 0 aliphatic heterocycles. The van der Waals surface area contributed by atoms with Crippen LogP contribution in [0.1, 0.15) is 5.56 Å². The van der Waals surface area contributed by atoms with Crippen LogP contribution in [-0.2, 0) is 0 Å². The first-order chi connectivity index (χ1) is 3.80. The summed E-state index contributed by atoms with van der Waals surface area (Å²) in [5.74, 6) is 0. The molecule has 0 fully saturated rings. The van der Waals surface area contributed by atoms with Crippen molar-refractivity contribution in [3.05, 3.63) is 34.9 Å². The van der Waals surface area contributed by atoms with E-state index in [1.165, 1.54) is 0 Å². The van der Waals surface area contributed by atoms with E-state index in [0.29, 0.717) is 0 Å². The molecule has 1 radical (unpaired) electrons. The van der Waals surface area contributed by atoms with E-state index in [0.717, 1.165) is 10.6 Å². The first-order valence-electron chi connectivity index (χ1n) is 2.52. The molecule has 0 aliphatic carbocycles. The van der Waals surface area contributed by atoms with Crippen molar-refractivity contribution in [1.82, 2.24) is 0 Å². The second-order valence-corrected chi connectivity index (χ2v) is 2.16. The minimum atomic E-state index is 0. The van der Waals surface area contributed by atoms with E-state index >= 15 is 0 Å². The van der Waals surface area contributed by atoms with Gasteiger partial charge in [0.1, 0.15) is 0 Å². The summed E-state index contributed by atoms with van der Waals surface area (Å²) in [6, 6.07) is 7.77. The minimum absolute atomic E-state index is 0. The fourth-order valence-corrected chi connectivity index (χ4v) is 0.687. The second kappa shape index (κ2) is 4.35. The van der Waals surface area contributed by atoms with Crippen molar-refractivity contribution < 1.29 is 0 Å². The molecule has 0 saturated carbocycles. The molecule has 9 heavy (non-hydrogen) atoms. The predicted octanol–water partition coefficient (Wildman–Crippen LogP) is 2.27. The van der Waals surface area contributed by atoms with Gasteiger partial charge in [0.2, 0.25) is 0 Å². The summed E-state index contributed by atoms with van der Waals surface area (Å²) in [5.41, 5.74) is 1.13. The van der Waals surface area contributed by atoms with Crippen LogP contribution in [0, 0.1) is 6.92 Å². The van der Waals surface area contributed by atoms with Crippen LogP contribution >= 0.6 is 11.6 Å². The van der Waals surface area contributed by atoms with Crippen LogP contribution in [0.25, 0.3) is 0 Å². The fourth-order valence-electron chi connectivity index (χ4n) is 0.551. The number of aryl methyl sites for hydroxylation is 1. The summed E-state index contributed by atoms with van der Waals surface area (Å²) in [4.78, 5) is 0. The van der Waals surface area contributed by atoms with Gasteiger partial charge in [-0.1, -0.05) is 29.8 Å². The molecule has 1 aromatic carbocycles. The normalized spacial score (nSPS) is 8.22. The largest absolute Gasteiger partial charge is 0.0841 e. The van der Waals surface area contributed by atoms with E-state index in [4.69, 9.17) is 11.6 Å². The molecule has 0 aliphatic rings. The third-order valence-corrected chi connectivity index (χ3v) is 1.50. The van der Waals surface area contributed by atoms with Gasteiger partial charge in [0.05, 0.1) is 0 Å². The Labute approximate surface area is 82.5 Å². The van der Waals surface area contributed by atoms with E-state index in [-0.39, 0.29) is 29.6 Å². The van der Waals surface area contributed by atoms with Gasteiger partial charge in [0, 0.05) is 34.6 Å². The molecule has 0 N–H and O–H groups in total. The topological polar surface area (TPSA) is 0 Å². The molecule has 0 saturated heterocycles. The summed E-state index contributed by atoms with van der Waals surface area (Å²) < 4.78 is 0. The summed E-state index contributed by atoms with van der Waals surface area (Å²) in [6.45, 7) is 1.99. The van der Waals surface area contributed by atoms with Crippen LogP contribution in [0.3, 0.4) is 0 Å². The maximum absolute atomic E-state index is 5.71.